The van der Waals surface area contributed by atoms with Crippen LogP contribution >= 0.6 is 31.9 Å². The van der Waals surface area contributed by atoms with Gasteiger partial charge in [0.25, 0.3) is 0 Å². The van der Waals surface area contributed by atoms with Crippen LogP contribution in [0.5, 0.6) is 0 Å². The van der Waals surface area contributed by atoms with E-state index in [-0.39, 0.29) is 5.75 Å². The first-order valence-electron chi connectivity index (χ1n) is 3.56. The second-order valence-electron chi connectivity index (χ2n) is 2.46. The molecule has 0 amide bonds. The molecule has 0 aliphatic heterocycles. The second-order valence-corrected chi connectivity index (χ2v) is 5.62. The van der Waals surface area contributed by atoms with Crippen molar-refractivity contribution in [3.63, 3.8) is 0 Å². The number of hydrogen-bond donors (Lipinski definition) is 1. The van der Waals surface area contributed by atoms with Gasteiger partial charge in [-0.3, -0.25) is 9.00 Å². The van der Waals surface area contributed by atoms with E-state index in [0.29, 0.717) is 4.90 Å². The van der Waals surface area contributed by atoms with Gasteiger partial charge in [-0.05, 0) is 50.1 Å². The fourth-order valence-electron chi connectivity index (χ4n) is 0.814. The molecule has 6 heteroatoms. The topological polar surface area (TPSA) is 54.4 Å². The average Bonchev–Trinajstić information content (AvgIpc) is 2.08. The highest BCUT2D eigenvalue weighted by molar-refractivity contribution is 9.13. The molecule has 0 radical (unpaired) electrons. The summed E-state index contributed by atoms with van der Waals surface area (Å²) in [4.78, 5) is 10.8. The molecule has 76 valence electrons. The molecule has 1 N–H and O–H groups in total. The standard InChI is InChI=1S/C8H6Br2O3S/c9-6-2-1-5(3-7(6)10)14(13)4-8(11)12/h1-3H,4H2,(H,11,12). The summed E-state index contributed by atoms with van der Waals surface area (Å²) >= 11 is 6.52. The Balaban J connectivity index is 2.91. The zero-order valence-electron chi connectivity index (χ0n) is 6.87. The first-order valence-corrected chi connectivity index (χ1v) is 6.46. The highest BCUT2D eigenvalue weighted by Crippen LogP contribution is 2.25. The Morgan fingerprint density at radius 2 is 2.00 bits per heavy atom. The lowest BCUT2D eigenvalue weighted by atomic mass is 10.4. The third kappa shape index (κ3) is 3.18. The maximum Gasteiger partial charge on any atom is 0.316 e. The fourth-order valence-corrected chi connectivity index (χ4v) is 2.45. The molecule has 0 fully saturated rings. The summed E-state index contributed by atoms with van der Waals surface area (Å²) in [5.41, 5.74) is 0. The molecular weight excluding hydrogens is 336 g/mol. The summed E-state index contributed by atoms with van der Waals surface area (Å²) in [6.45, 7) is 0. The van der Waals surface area contributed by atoms with Crippen LogP contribution in [0.3, 0.4) is 0 Å². The molecule has 3 nitrogen and oxygen atoms in total. The predicted octanol–water partition coefficient (Wildman–Crippen LogP) is 2.40. The SMILES string of the molecule is O=C(O)CS(=O)c1ccc(Br)c(Br)c1. The smallest absolute Gasteiger partial charge is 0.316 e. The Kier molecular flexibility index (Phi) is 4.28. The summed E-state index contributed by atoms with van der Waals surface area (Å²) < 4.78 is 13.0. The van der Waals surface area contributed by atoms with Crippen molar-refractivity contribution in [2.45, 2.75) is 4.90 Å². The van der Waals surface area contributed by atoms with Crippen LogP contribution in [0.2, 0.25) is 0 Å². The van der Waals surface area contributed by atoms with Crippen molar-refractivity contribution in [3.8, 4) is 0 Å². The summed E-state index contributed by atoms with van der Waals surface area (Å²) in [6.07, 6.45) is 0. The minimum absolute atomic E-state index is 0.367. The maximum absolute atomic E-state index is 11.4. The third-order valence-corrected chi connectivity index (χ3v) is 4.58. The number of carboxylic acid groups (broad SMARTS) is 1. The van der Waals surface area contributed by atoms with Gasteiger partial charge in [0.15, 0.2) is 0 Å². The zero-order chi connectivity index (χ0) is 10.7. The maximum atomic E-state index is 11.4. The molecule has 1 unspecified atom stereocenters. The average molecular weight is 342 g/mol. The van der Waals surface area contributed by atoms with Crippen LogP contribution in [-0.2, 0) is 15.6 Å². The van der Waals surface area contributed by atoms with Crippen LogP contribution in [0.15, 0.2) is 32.0 Å². The summed E-state index contributed by atoms with van der Waals surface area (Å²) in [5, 5.41) is 8.46. The lowest BCUT2D eigenvalue weighted by molar-refractivity contribution is -0.133. The molecular formula is C8H6Br2O3S. The van der Waals surface area contributed by atoms with Crippen LogP contribution in [-0.4, -0.2) is 21.0 Å². The van der Waals surface area contributed by atoms with Gasteiger partial charge in [0.1, 0.15) is 5.75 Å². The summed E-state index contributed by atoms with van der Waals surface area (Å²) in [7, 11) is -1.48. The minimum Gasteiger partial charge on any atom is -0.481 e. The molecule has 0 heterocycles. The molecule has 0 saturated carbocycles. The lowest BCUT2D eigenvalue weighted by Crippen LogP contribution is -2.09. The van der Waals surface area contributed by atoms with Gasteiger partial charge in [0.2, 0.25) is 0 Å². The monoisotopic (exact) mass is 340 g/mol. The molecule has 14 heavy (non-hydrogen) atoms. The Hall–Kier alpha value is -0.200. The van der Waals surface area contributed by atoms with Gasteiger partial charge >= 0.3 is 5.97 Å². The second kappa shape index (κ2) is 5.04. The normalized spacial score (nSPS) is 12.4. The van der Waals surface area contributed by atoms with Crippen molar-refractivity contribution in [3.05, 3.63) is 27.1 Å². The number of carboxylic acids is 1. The predicted molar refractivity (Wildman–Crippen MR) is 60.8 cm³/mol. The Bertz CT molecular complexity index is 392. The minimum atomic E-state index is -1.48. The van der Waals surface area contributed by atoms with Gasteiger partial charge in [-0.2, -0.15) is 0 Å². The van der Waals surface area contributed by atoms with Crippen molar-refractivity contribution in [2.75, 3.05) is 5.75 Å². The molecule has 1 atom stereocenters. The van der Waals surface area contributed by atoms with E-state index < -0.39 is 16.8 Å². The molecule has 0 spiro atoms. The summed E-state index contributed by atoms with van der Waals surface area (Å²) in [6, 6.07) is 5.00. The Labute approximate surface area is 100 Å². The van der Waals surface area contributed by atoms with Gasteiger partial charge in [0.05, 0.1) is 10.8 Å². The molecule has 1 rings (SSSR count). The number of aliphatic carboxylic acids is 1. The molecule has 0 aromatic heterocycles. The quantitative estimate of drug-likeness (QED) is 0.918. The number of hydrogen-bond acceptors (Lipinski definition) is 2. The molecule has 0 aliphatic rings. The van der Waals surface area contributed by atoms with E-state index in [9.17, 15) is 9.00 Å². The van der Waals surface area contributed by atoms with Crippen LogP contribution in [0, 0.1) is 0 Å². The van der Waals surface area contributed by atoms with E-state index in [1.165, 1.54) is 0 Å². The van der Waals surface area contributed by atoms with Gasteiger partial charge in [-0.25, -0.2) is 0 Å². The third-order valence-electron chi connectivity index (χ3n) is 1.41. The van der Waals surface area contributed by atoms with Crippen LogP contribution in [0.25, 0.3) is 0 Å². The number of carbonyl (C=O) groups is 1. The van der Waals surface area contributed by atoms with Gasteiger partial charge in [-0.1, -0.05) is 0 Å². The summed E-state index contributed by atoms with van der Waals surface area (Å²) in [5.74, 6) is -1.43. The van der Waals surface area contributed by atoms with E-state index in [1.54, 1.807) is 18.2 Å². The van der Waals surface area contributed by atoms with Crippen LogP contribution in [0.1, 0.15) is 0 Å². The highest BCUT2D eigenvalue weighted by Gasteiger charge is 2.09. The van der Waals surface area contributed by atoms with Crippen molar-refractivity contribution >= 4 is 48.6 Å². The Morgan fingerprint density at radius 3 is 2.50 bits per heavy atom. The Morgan fingerprint density at radius 1 is 1.36 bits per heavy atom. The van der Waals surface area contributed by atoms with E-state index in [0.717, 1.165) is 8.95 Å². The van der Waals surface area contributed by atoms with E-state index >= 15 is 0 Å². The van der Waals surface area contributed by atoms with Crippen molar-refractivity contribution in [1.29, 1.82) is 0 Å². The molecule has 0 bridgehead atoms. The fraction of sp³-hybridized carbons (Fsp3) is 0.125. The number of rotatable bonds is 3. The molecule has 1 aromatic carbocycles. The van der Waals surface area contributed by atoms with Crippen molar-refractivity contribution < 1.29 is 14.1 Å². The first kappa shape index (κ1) is 11.9. The largest absolute Gasteiger partial charge is 0.481 e. The number of halogens is 2. The van der Waals surface area contributed by atoms with Crippen LogP contribution in [0.4, 0.5) is 0 Å². The lowest BCUT2D eigenvalue weighted by Gasteiger charge is -2.01. The van der Waals surface area contributed by atoms with Crippen molar-refractivity contribution in [2.24, 2.45) is 0 Å². The van der Waals surface area contributed by atoms with E-state index in [4.69, 9.17) is 5.11 Å². The van der Waals surface area contributed by atoms with Crippen LogP contribution < -0.4 is 0 Å². The zero-order valence-corrected chi connectivity index (χ0v) is 10.9. The van der Waals surface area contributed by atoms with Gasteiger partial charge in [0, 0.05) is 13.8 Å². The van der Waals surface area contributed by atoms with E-state index in [2.05, 4.69) is 31.9 Å². The van der Waals surface area contributed by atoms with Gasteiger partial charge < -0.3 is 5.11 Å². The first-order chi connectivity index (χ1) is 6.50. The molecule has 0 aliphatic carbocycles. The number of benzene rings is 1. The van der Waals surface area contributed by atoms with Gasteiger partial charge in [-0.15, -0.1) is 0 Å². The highest BCUT2D eigenvalue weighted by atomic mass is 79.9. The molecule has 0 saturated heterocycles. The van der Waals surface area contributed by atoms with Crippen molar-refractivity contribution in [1.82, 2.24) is 0 Å². The van der Waals surface area contributed by atoms with E-state index in [1.807, 2.05) is 0 Å². The molecule has 1 aromatic rings.